The maximum atomic E-state index is 11.8. The topological polar surface area (TPSA) is 68.0 Å². The number of quaternary nitrogens is 1. The molecule has 0 spiro atoms. The van der Waals surface area contributed by atoms with Gasteiger partial charge in [0.05, 0.1) is 37.9 Å². The highest BCUT2D eigenvalue weighted by Gasteiger charge is 2.14. The lowest BCUT2D eigenvalue weighted by molar-refractivity contribution is -0.907. The van der Waals surface area contributed by atoms with Crippen molar-refractivity contribution in [3.05, 3.63) is 42.1 Å². The molecule has 2 aromatic rings. The van der Waals surface area contributed by atoms with Crippen LogP contribution in [0.15, 0.2) is 41.6 Å². The molecule has 1 aromatic carbocycles. The molecule has 0 saturated carbocycles. The zero-order valence-electron chi connectivity index (χ0n) is 13.0. The van der Waals surface area contributed by atoms with Crippen LogP contribution in [0.4, 0.5) is 0 Å². The van der Waals surface area contributed by atoms with Crippen molar-refractivity contribution in [2.45, 2.75) is 6.42 Å². The molecule has 0 radical (unpaired) electrons. The Morgan fingerprint density at radius 3 is 3.09 bits per heavy atom. The zero-order chi connectivity index (χ0) is 15.9. The first-order chi connectivity index (χ1) is 11.3. The van der Waals surface area contributed by atoms with Gasteiger partial charge in [0.15, 0.2) is 0 Å². The number of ether oxygens (including phenoxy) is 1. The Morgan fingerprint density at radius 2 is 2.22 bits per heavy atom. The summed E-state index contributed by atoms with van der Waals surface area (Å²) in [7, 11) is 0. The van der Waals surface area contributed by atoms with E-state index in [9.17, 15) is 4.79 Å². The number of carbonyl (C=O) groups is 1. The lowest BCUT2D eigenvalue weighted by atomic mass is 10.1. The van der Waals surface area contributed by atoms with Crippen LogP contribution in [-0.2, 0) is 9.53 Å². The molecule has 0 aliphatic carbocycles. The van der Waals surface area contributed by atoms with E-state index < -0.39 is 0 Å². The summed E-state index contributed by atoms with van der Waals surface area (Å²) >= 11 is 0. The maximum Gasteiger partial charge on any atom is 0.245 e. The lowest BCUT2D eigenvalue weighted by Gasteiger charge is -2.23. The Labute approximate surface area is 135 Å². The molecule has 6 nitrogen and oxygen atoms in total. The van der Waals surface area contributed by atoms with Crippen LogP contribution in [-0.4, -0.2) is 50.0 Å². The fourth-order valence-electron chi connectivity index (χ4n) is 2.61. The van der Waals surface area contributed by atoms with Crippen LogP contribution >= 0.6 is 0 Å². The number of hydrogen-bond acceptors (Lipinski definition) is 4. The molecule has 1 aliphatic heterocycles. The van der Waals surface area contributed by atoms with Gasteiger partial charge in [-0.05, 0) is 23.8 Å². The third-order valence-corrected chi connectivity index (χ3v) is 3.94. The summed E-state index contributed by atoms with van der Waals surface area (Å²) in [5, 5.41) is 5.09. The minimum Gasteiger partial charge on any atom is -0.370 e. The molecule has 1 saturated heterocycles. The average Bonchev–Trinajstić information content (AvgIpc) is 2.61. The molecule has 23 heavy (non-hydrogen) atoms. The maximum absolute atomic E-state index is 11.8. The molecule has 1 amide bonds. The number of hydrogen-bond donors (Lipinski definition) is 2. The highest BCUT2D eigenvalue weighted by Crippen LogP contribution is 2.11. The zero-order valence-corrected chi connectivity index (χ0v) is 13.0. The normalized spacial score (nSPS) is 16.0. The van der Waals surface area contributed by atoms with Gasteiger partial charge < -0.3 is 9.64 Å². The average molecular weight is 313 g/mol. The highest BCUT2D eigenvalue weighted by atomic mass is 16.5. The first-order valence-electron chi connectivity index (χ1n) is 7.89. The van der Waals surface area contributed by atoms with Gasteiger partial charge in [-0.3, -0.25) is 9.78 Å². The van der Waals surface area contributed by atoms with E-state index in [4.69, 9.17) is 4.74 Å². The number of carbonyl (C=O) groups excluding carboxylic acids is 1. The number of morpholine rings is 1. The molecule has 0 atom stereocenters. The van der Waals surface area contributed by atoms with Crippen molar-refractivity contribution >= 4 is 23.0 Å². The summed E-state index contributed by atoms with van der Waals surface area (Å²) in [4.78, 5) is 17.5. The monoisotopic (exact) mass is 313 g/mol. The molecule has 1 fully saturated rings. The van der Waals surface area contributed by atoms with Crippen molar-refractivity contribution in [1.29, 1.82) is 0 Å². The largest absolute Gasteiger partial charge is 0.370 e. The van der Waals surface area contributed by atoms with E-state index in [2.05, 4.69) is 15.5 Å². The van der Waals surface area contributed by atoms with Crippen molar-refractivity contribution in [1.82, 2.24) is 10.4 Å². The standard InChI is InChI=1S/C17H20N4O2/c22-17(5-7-21-8-10-23-11-9-21)20-19-13-14-3-4-16-15(12-14)2-1-6-18-16/h1-4,6,12-13H,5,7-11H2,(H,20,22)/p+1/b19-13-. The first kappa shape index (κ1) is 15.6. The molecular formula is C17H21N4O2+. The molecule has 1 aromatic heterocycles. The Hall–Kier alpha value is -2.31. The Morgan fingerprint density at radius 1 is 1.35 bits per heavy atom. The van der Waals surface area contributed by atoms with Crippen molar-refractivity contribution in [2.75, 3.05) is 32.8 Å². The number of amides is 1. The van der Waals surface area contributed by atoms with Crippen LogP contribution in [0.3, 0.4) is 0 Å². The Balaban J connectivity index is 1.48. The van der Waals surface area contributed by atoms with E-state index in [0.717, 1.165) is 49.3 Å². The molecule has 1 aliphatic rings. The van der Waals surface area contributed by atoms with Crippen LogP contribution in [0, 0.1) is 0 Å². The Kier molecular flexibility index (Phi) is 5.29. The van der Waals surface area contributed by atoms with E-state index in [1.54, 1.807) is 12.4 Å². The molecule has 0 bridgehead atoms. The van der Waals surface area contributed by atoms with E-state index >= 15 is 0 Å². The molecule has 0 unspecified atom stereocenters. The van der Waals surface area contributed by atoms with Gasteiger partial charge in [-0.15, -0.1) is 0 Å². The van der Waals surface area contributed by atoms with Crippen LogP contribution in [0.2, 0.25) is 0 Å². The van der Waals surface area contributed by atoms with Crippen molar-refractivity contribution in [2.24, 2.45) is 5.10 Å². The number of nitrogens with one attached hydrogen (secondary N) is 2. The van der Waals surface area contributed by atoms with Gasteiger partial charge in [0.25, 0.3) is 0 Å². The fourth-order valence-corrected chi connectivity index (χ4v) is 2.61. The van der Waals surface area contributed by atoms with Crippen molar-refractivity contribution < 1.29 is 14.4 Å². The van der Waals surface area contributed by atoms with E-state index in [-0.39, 0.29) is 5.91 Å². The van der Waals surface area contributed by atoms with Gasteiger partial charge >= 0.3 is 0 Å². The molecule has 120 valence electrons. The van der Waals surface area contributed by atoms with E-state index in [1.807, 2.05) is 30.3 Å². The predicted octanol–water partition coefficient (Wildman–Crippen LogP) is -0.00990. The van der Waals surface area contributed by atoms with Crippen LogP contribution in [0.1, 0.15) is 12.0 Å². The quantitative estimate of drug-likeness (QED) is 0.603. The number of fused-ring (bicyclic) bond motifs is 1. The minimum atomic E-state index is -0.0531. The summed E-state index contributed by atoms with van der Waals surface area (Å²) in [6.45, 7) is 4.34. The second kappa shape index (κ2) is 7.80. The summed E-state index contributed by atoms with van der Waals surface area (Å²) in [5.41, 5.74) is 4.47. The van der Waals surface area contributed by atoms with Crippen molar-refractivity contribution in [3.63, 3.8) is 0 Å². The summed E-state index contributed by atoms with van der Waals surface area (Å²) in [6, 6.07) is 9.78. The van der Waals surface area contributed by atoms with Crippen LogP contribution in [0.5, 0.6) is 0 Å². The second-order valence-corrected chi connectivity index (χ2v) is 5.61. The summed E-state index contributed by atoms with van der Waals surface area (Å²) in [6.07, 6.45) is 3.91. The fraction of sp³-hybridized carbons (Fsp3) is 0.353. The number of benzene rings is 1. The number of hydrazone groups is 1. The first-order valence-corrected chi connectivity index (χ1v) is 7.89. The number of nitrogens with zero attached hydrogens (tertiary/aromatic N) is 2. The Bertz CT molecular complexity index is 696. The lowest BCUT2D eigenvalue weighted by Crippen LogP contribution is -3.14. The predicted molar refractivity (Wildman–Crippen MR) is 88.5 cm³/mol. The third kappa shape index (κ3) is 4.58. The molecule has 2 N–H and O–H groups in total. The molecular weight excluding hydrogens is 292 g/mol. The van der Waals surface area contributed by atoms with Crippen LogP contribution in [0.25, 0.3) is 10.9 Å². The molecule has 6 heteroatoms. The second-order valence-electron chi connectivity index (χ2n) is 5.61. The van der Waals surface area contributed by atoms with Gasteiger partial charge in [0.1, 0.15) is 13.1 Å². The van der Waals surface area contributed by atoms with Crippen molar-refractivity contribution in [3.8, 4) is 0 Å². The van der Waals surface area contributed by atoms with E-state index in [0.29, 0.717) is 6.42 Å². The van der Waals surface area contributed by atoms with Crippen LogP contribution < -0.4 is 10.3 Å². The number of pyridine rings is 1. The minimum absolute atomic E-state index is 0.0531. The third-order valence-electron chi connectivity index (χ3n) is 3.94. The SMILES string of the molecule is O=C(CC[NH+]1CCOCC1)N/N=C\c1ccc2ncccc2c1. The highest BCUT2D eigenvalue weighted by molar-refractivity contribution is 5.89. The van der Waals surface area contributed by atoms with Gasteiger partial charge in [0, 0.05) is 11.6 Å². The summed E-state index contributed by atoms with van der Waals surface area (Å²) < 4.78 is 5.30. The number of aromatic nitrogens is 1. The molecule has 2 heterocycles. The van der Waals surface area contributed by atoms with Gasteiger partial charge in [0.2, 0.25) is 5.91 Å². The summed E-state index contributed by atoms with van der Waals surface area (Å²) in [5.74, 6) is -0.0531. The number of rotatable bonds is 5. The molecule has 3 rings (SSSR count). The van der Waals surface area contributed by atoms with Gasteiger partial charge in [-0.1, -0.05) is 12.1 Å². The van der Waals surface area contributed by atoms with Gasteiger partial charge in [-0.2, -0.15) is 5.10 Å². The smallest absolute Gasteiger partial charge is 0.245 e. The van der Waals surface area contributed by atoms with E-state index in [1.165, 1.54) is 4.90 Å². The van der Waals surface area contributed by atoms with Gasteiger partial charge in [-0.25, -0.2) is 5.43 Å².